The van der Waals surface area contributed by atoms with E-state index >= 15 is 0 Å². The molecule has 6 heteroatoms. The normalized spacial score (nSPS) is 13.2. The van der Waals surface area contributed by atoms with Crippen molar-refractivity contribution in [2.75, 3.05) is 11.9 Å². The fraction of sp³-hybridized carbons (Fsp3) is 0.286. The predicted molar refractivity (Wildman–Crippen MR) is 82.6 cm³/mol. The summed E-state index contributed by atoms with van der Waals surface area (Å²) in [5, 5.41) is 14.0. The van der Waals surface area contributed by atoms with Gasteiger partial charge in [0.2, 0.25) is 0 Å². The Morgan fingerprint density at radius 1 is 1.55 bits per heavy atom. The predicted octanol–water partition coefficient (Wildman–Crippen LogP) is 2.30. The fourth-order valence-corrected chi connectivity index (χ4v) is 2.86. The third-order valence-corrected chi connectivity index (χ3v) is 4.20. The first kappa shape index (κ1) is 14.3. The molecule has 0 saturated heterocycles. The minimum absolute atomic E-state index is 0.0950. The lowest BCUT2D eigenvalue weighted by Gasteiger charge is -2.28. The van der Waals surface area contributed by atoms with Gasteiger partial charge in [0.1, 0.15) is 0 Å². The van der Waals surface area contributed by atoms with Gasteiger partial charge in [0.15, 0.2) is 5.84 Å². The Labute approximate surface area is 122 Å². The van der Waals surface area contributed by atoms with Gasteiger partial charge in [0.05, 0.1) is 11.9 Å². The first-order valence-electron chi connectivity index (χ1n) is 6.30. The van der Waals surface area contributed by atoms with Crippen LogP contribution < -0.4 is 10.6 Å². The van der Waals surface area contributed by atoms with Crippen LogP contribution >= 0.6 is 11.3 Å². The Morgan fingerprint density at radius 2 is 2.35 bits per heavy atom. The summed E-state index contributed by atoms with van der Waals surface area (Å²) < 4.78 is 0. The smallest absolute Gasteiger partial charge is 0.172 e. The molecule has 0 spiro atoms. The number of nitrogens with zero attached hydrogens (tertiary/aromatic N) is 3. The SMILES string of the molecule is CC(Cc1cccs1)N(C)c1cnccc1/C(N)=N/O. The monoisotopic (exact) mass is 290 g/mol. The molecule has 0 amide bonds. The van der Waals surface area contributed by atoms with E-state index in [2.05, 4.69) is 39.5 Å². The Hall–Kier alpha value is -2.08. The van der Waals surface area contributed by atoms with Gasteiger partial charge in [-0.1, -0.05) is 11.2 Å². The summed E-state index contributed by atoms with van der Waals surface area (Å²) in [7, 11) is 1.99. The number of likely N-dealkylation sites (N-methyl/N-ethyl adjacent to an activating group) is 1. The van der Waals surface area contributed by atoms with Crippen LogP contribution in [0.4, 0.5) is 5.69 Å². The van der Waals surface area contributed by atoms with Crippen molar-refractivity contribution < 1.29 is 5.21 Å². The van der Waals surface area contributed by atoms with Crippen LogP contribution in [0.5, 0.6) is 0 Å². The number of thiophene rings is 1. The molecule has 5 nitrogen and oxygen atoms in total. The molecule has 0 saturated carbocycles. The number of rotatable bonds is 5. The molecule has 106 valence electrons. The Balaban J connectivity index is 2.22. The molecule has 2 aromatic heterocycles. The molecule has 1 atom stereocenters. The van der Waals surface area contributed by atoms with Crippen LogP contribution in [-0.4, -0.2) is 29.1 Å². The van der Waals surface area contributed by atoms with Crippen molar-refractivity contribution in [1.82, 2.24) is 4.98 Å². The van der Waals surface area contributed by atoms with Crippen LogP contribution in [0, 0.1) is 0 Å². The zero-order valence-corrected chi connectivity index (χ0v) is 12.3. The Morgan fingerprint density at radius 3 is 3.00 bits per heavy atom. The molecule has 0 aliphatic heterocycles. The van der Waals surface area contributed by atoms with Crippen LogP contribution in [0.2, 0.25) is 0 Å². The standard InChI is InChI=1S/C14H18N4OS/c1-10(8-11-4-3-7-20-11)18(2)13-9-16-6-5-12(13)14(15)17-19/h3-7,9-10,19H,8H2,1-2H3,(H2,15,17). The number of aromatic nitrogens is 1. The number of pyridine rings is 1. The number of amidine groups is 1. The summed E-state index contributed by atoms with van der Waals surface area (Å²) in [6.45, 7) is 2.14. The van der Waals surface area contributed by atoms with E-state index in [9.17, 15) is 0 Å². The summed E-state index contributed by atoms with van der Waals surface area (Å²) in [6.07, 6.45) is 4.31. The van der Waals surface area contributed by atoms with Crippen molar-refractivity contribution in [3.63, 3.8) is 0 Å². The first-order chi connectivity index (χ1) is 9.63. The highest BCUT2D eigenvalue weighted by Gasteiger charge is 2.16. The van der Waals surface area contributed by atoms with Crippen molar-refractivity contribution in [3.8, 4) is 0 Å². The van der Waals surface area contributed by atoms with Gasteiger partial charge in [-0.25, -0.2) is 0 Å². The minimum atomic E-state index is 0.0950. The van der Waals surface area contributed by atoms with Gasteiger partial charge in [-0.15, -0.1) is 11.3 Å². The van der Waals surface area contributed by atoms with Gasteiger partial charge in [0.25, 0.3) is 0 Å². The average molecular weight is 290 g/mol. The van der Waals surface area contributed by atoms with Crippen molar-refractivity contribution in [1.29, 1.82) is 0 Å². The van der Waals surface area contributed by atoms with Crippen molar-refractivity contribution in [3.05, 3.63) is 46.4 Å². The van der Waals surface area contributed by atoms with E-state index in [-0.39, 0.29) is 11.9 Å². The van der Waals surface area contributed by atoms with E-state index in [1.165, 1.54) is 4.88 Å². The van der Waals surface area contributed by atoms with E-state index in [4.69, 9.17) is 10.9 Å². The zero-order chi connectivity index (χ0) is 14.5. The summed E-state index contributed by atoms with van der Waals surface area (Å²) in [5.41, 5.74) is 7.25. The van der Waals surface area contributed by atoms with Crippen LogP contribution in [0.15, 0.2) is 41.1 Å². The highest BCUT2D eigenvalue weighted by molar-refractivity contribution is 7.09. The van der Waals surface area contributed by atoms with Crippen molar-refractivity contribution in [2.24, 2.45) is 10.9 Å². The third-order valence-electron chi connectivity index (χ3n) is 3.30. The van der Waals surface area contributed by atoms with Crippen LogP contribution in [-0.2, 0) is 6.42 Å². The van der Waals surface area contributed by atoms with Gasteiger partial charge in [-0.3, -0.25) is 4.98 Å². The van der Waals surface area contributed by atoms with Crippen molar-refractivity contribution >= 4 is 22.9 Å². The highest BCUT2D eigenvalue weighted by Crippen LogP contribution is 2.22. The van der Waals surface area contributed by atoms with Gasteiger partial charge in [0, 0.05) is 36.1 Å². The lowest BCUT2D eigenvalue weighted by atomic mass is 10.1. The molecule has 2 heterocycles. The summed E-state index contributed by atoms with van der Waals surface area (Å²) in [6, 6.07) is 6.21. The molecule has 20 heavy (non-hydrogen) atoms. The molecule has 0 aromatic carbocycles. The average Bonchev–Trinajstić information content (AvgIpc) is 2.98. The van der Waals surface area contributed by atoms with Gasteiger partial charge in [-0.05, 0) is 24.4 Å². The molecule has 0 radical (unpaired) electrons. The van der Waals surface area contributed by atoms with E-state index in [0.29, 0.717) is 5.56 Å². The maximum absolute atomic E-state index is 8.87. The molecule has 2 rings (SSSR count). The Kier molecular flexibility index (Phi) is 4.57. The minimum Gasteiger partial charge on any atom is -0.409 e. The molecule has 0 aliphatic rings. The number of nitrogens with two attached hydrogens (primary N) is 1. The number of anilines is 1. The van der Waals surface area contributed by atoms with Gasteiger partial charge < -0.3 is 15.8 Å². The largest absolute Gasteiger partial charge is 0.409 e. The van der Waals surface area contributed by atoms with Crippen molar-refractivity contribution in [2.45, 2.75) is 19.4 Å². The number of hydrogen-bond acceptors (Lipinski definition) is 5. The fourth-order valence-electron chi connectivity index (χ4n) is 2.03. The summed E-state index contributed by atoms with van der Waals surface area (Å²) >= 11 is 1.75. The number of oxime groups is 1. The molecular formula is C14H18N4OS. The topological polar surface area (TPSA) is 74.7 Å². The van der Waals surface area contributed by atoms with E-state index in [1.54, 1.807) is 29.8 Å². The van der Waals surface area contributed by atoms with E-state index in [0.717, 1.165) is 12.1 Å². The van der Waals surface area contributed by atoms with E-state index < -0.39 is 0 Å². The maximum Gasteiger partial charge on any atom is 0.172 e. The van der Waals surface area contributed by atoms with Gasteiger partial charge >= 0.3 is 0 Å². The lowest BCUT2D eigenvalue weighted by molar-refractivity contribution is 0.318. The summed E-state index contributed by atoms with van der Waals surface area (Å²) in [4.78, 5) is 7.56. The Bertz CT molecular complexity index is 583. The molecule has 2 aromatic rings. The van der Waals surface area contributed by atoms with Gasteiger partial charge in [-0.2, -0.15) is 0 Å². The number of hydrogen-bond donors (Lipinski definition) is 2. The molecule has 0 bridgehead atoms. The molecule has 1 unspecified atom stereocenters. The lowest BCUT2D eigenvalue weighted by Crippen LogP contribution is -2.32. The molecule has 0 aliphatic carbocycles. The second-order valence-electron chi connectivity index (χ2n) is 4.62. The van der Waals surface area contributed by atoms with Crippen LogP contribution in [0.3, 0.4) is 0 Å². The maximum atomic E-state index is 8.87. The van der Waals surface area contributed by atoms with Crippen LogP contribution in [0.1, 0.15) is 17.4 Å². The summed E-state index contributed by atoms with van der Waals surface area (Å²) in [5.74, 6) is 0.0950. The zero-order valence-electron chi connectivity index (χ0n) is 11.5. The van der Waals surface area contributed by atoms with E-state index in [1.807, 2.05) is 7.05 Å². The molecule has 0 fully saturated rings. The molecular weight excluding hydrogens is 272 g/mol. The van der Waals surface area contributed by atoms with Crippen LogP contribution in [0.25, 0.3) is 0 Å². The first-order valence-corrected chi connectivity index (χ1v) is 7.18. The highest BCUT2D eigenvalue weighted by atomic mass is 32.1. The second-order valence-corrected chi connectivity index (χ2v) is 5.65. The molecule has 3 N–H and O–H groups in total. The second kappa shape index (κ2) is 6.38. The third kappa shape index (κ3) is 3.08. The quantitative estimate of drug-likeness (QED) is 0.383.